The maximum atomic E-state index is 13.1. The quantitative estimate of drug-likeness (QED) is 0.246. The number of anilines is 5. The van der Waals surface area contributed by atoms with Crippen LogP contribution in [-0.2, 0) is 9.84 Å². The number of ether oxygens (including phenoxy) is 1. The Bertz CT molecular complexity index is 1750. The van der Waals surface area contributed by atoms with Gasteiger partial charge in [-0.1, -0.05) is 24.3 Å². The van der Waals surface area contributed by atoms with Crippen molar-refractivity contribution >= 4 is 49.6 Å². The maximum absolute atomic E-state index is 13.1. The van der Waals surface area contributed by atoms with E-state index in [1.165, 1.54) is 25.9 Å². The zero-order valence-electron chi connectivity index (χ0n) is 26.5. The second kappa shape index (κ2) is 13.2. The lowest BCUT2D eigenvalue weighted by molar-refractivity contribution is 0.115. The molecule has 4 aromatic rings. The first-order chi connectivity index (χ1) is 21.7. The van der Waals surface area contributed by atoms with Gasteiger partial charge >= 0.3 is 0 Å². The third kappa shape index (κ3) is 6.70. The van der Waals surface area contributed by atoms with Crippen molar-refractivity contribution < 1.29 is 13.2 Å². The summed E-state index contributed by atoms with van der Waals surface area (Å²) in [7, 11) is 0.363. The highest BCUT2D eigenvalue weighted by atomic mass is 32.2. The van der Waals surface area contributed by atoms with E-state index in [9.17, 15) is 8.42 Å². The highest BCUT2D eigenvalue weighted by Crippen LogP contribution is 2.35. The van der Waals surface area contributed by atoms with Gasteiger partial charge in [0.05, 0.1) is 34.1 Å². The number of nitrogens with zero attached hydrogens (tertiary/aromatic N) is 5. The van der Waals surface area contributed by atoms with E-state index in [2.05, 4.69) is 44.5 Å². The number of hydrogen-bond acceptors (Lipinski definition) is 10. The summed E-state index contributed by atoms with van der Waals surface area (Å²) in [4.78, 5) is 17.3. The summed E-state index contributed by atoms with van der Waals surface area (Å²) >= 11 is 0. The monoisotopic (exact) mass is 629 g/mol. The van der Waals surface area contributed by atoms with E-state index < -0.39 is 15.1 Å². The van der Waals surface area contributed by atoms with Crippen molar-refractivity contribution in [1.82, 2.24) is 19.8 Å². The predicted molar refractivity (Wildman–Crippen MR) is 182 cm³/mol. The van der Waals surface area contributed by atoms with Crippen molar-refractivity contribution in [2.45, 2.75) is 42.9 Å². The van der Waals surface area contributed by atoms with Crippen LogP contribution in [0.2, 0.25) is 0 Å². The lowest BCUT2D eigenvalue weighted by Crippen LogP contribution is -2.53. The molecular weight excluding hydrogens is 586 g/mol. The second-order valence-corrected chi connectivity index (χ2v) is 14.7. The number of methoxy groups -OCH3 is 1. The normalized spacial score (nSPS) is 17.1. The minimum atomic E-state index is -3.52. The van der Waals surface area contributed by atoms with Crippen LogP contribution < -0.4 is 20.3 Å². The molecule has 2 saturated heterocycles. The Labute approximate surface area is 266 Å². The Balaban J connectivity index is 1.23. The van der Waals surface area contributed by atoms with Crippen LogP contribution in [0.5, 0.6) is 5.75 Å². The van der Waals surface area contributed by atoms with Crippen molar-refractivity contribution in [2.24, 2.45) is 0 Å². The maximum Gasteiger partial charge on any atom is 0.229 e. The van der Waals surface area contributed by atoms with Crippen molar-refractivity contribution in [3.63, 3.8) is 0 Å². The number of hydrogen-bond donors (Lipinski definition) is 2. The van der Waals surface area contributed by atoms with Crippen LogP contribution in [0.4, 0.5) is 28.8 Å². The van der Waals surface area contributed by atoms with Crippen LogP contribution in [0, 0.1) is 0 Å². The largest absolute Gasteiger partial charge is 0.494 e. The number of piperidine rings is 1. The molecule has 1 aromatic heterocycles. The fraction of sp³-hybridized carbons (Fsp3) is 0.412. The Morgan fingerprint density at radius 3 is 2.29 bits per heavy atom. The van der Waals surface area contributed by atoms with E-state index in [1.807, 2.05) is 36.4 Å². The fourth-order valence-electron chi connectivity index (χ4n) is 6.23. The number of fused-ring (bicyclic) bond motifs is 1. The third-order valence-electron chi connectivity index (χ3n) is 8.99. The highest BCUT2D eigenvalue weighted by Gasteiger charge is 2.27. The van der Waals surface area contributed by atoms with Gasteiger partial charge in [0.25, 0.3) is 0 Å². The Hall–Kier alpha value is -3.93. The zero-order chi connectivity index (χ0) is 31.6. The second-order valence-electron chi connectivity index (χ2n) is 12.2. The number of aromatic nitrogens is 2. The molecule has 0 aliphatic carbocycles. The first-order valence-corrected chi connectivity index (χ1v) is 17.3. The van der Waals surface area contributed by atoms with Crippen molar-refractivity contribution in [3.05, 3.63) is 66.7 Å². The van der Waals surface area contributed by atoms with Crippen LogP contribution in [-0.4, -0.2) is 92.9 Å². The summed E-state index contributed by atoms with van der Waals surface area (Å²) in [6, 6.07) is 21.5. The first kappa shape index (κ1) is 31.1. The number of likely N-dealkylation sites (tertiary alicyclic amines) is 1. The molecule has 0 bridgehead atoms. The van der Waals surface area contributed by atoms with Gasteiger partial charge in [-0.3, -0.25) is 4.90 Å². The summed E-state index contributed by atoms with van der Waals surface area (Å²) in [5.74, 6) is 1.58. The zero-order valence-corrected chi connectivity index (χ0v) is 27.3. The molecule has 0 radical (unpaired) electrons. The molecule has 0 atom stereocenters. The topological polar surface area (TPSA) is 103 Å². The molecule has 2 aliphatic rings. The molecule has 0 spiro atoms. The standard InChI is InChI=1S/C34H43N7O3S/c1-24(2)45(42,43)32-12-8-7-11-30(32)35-33-27-9-5-6-10-28(27)36-34(38-33)37-29-14-13-26(23-31(29)44-4)41-21-19-40(20-22-41)25-15-17-39(3)18-16-25/h5-14,23-25H,15-22H2,1-4H3,(H2,35,36,37,38). The van der Waals surface area contributed by atoms with E-state index in [-0.39, 0.29) is 4.90 Å². The SMILES string of the molecule is COc1cc(N2CCN(C3CCN(C)CC3)CC2)ccc1Nc1nc(Nc2ccccc2S(=O)(=O)C(C)C)c2ccccc2n1. The average molecular weight is 630 g/mol. The molecule has 10 nitrogen and oxygen atoms in total. The number of rotatable bonds is 9. The third-order valence-corrected chi connectivity index (χ3v) is 11.2. The lowest BCUT2D eigenvalue weighted by atomic mass is 10.0. The van der Waals surface area contributed by atoms with Gasteiger partial charge in [0.1, 0.15) is 11.6 Å². The molecule has 3 heterocycles. The van der Waals surface area contributed by atoms with Crippen LogP contribution in [0.15, 0.2) is 71.6 Å². The van der Waals surface area contributed by atoms with Gasteiger partial charge in [-0.05, 0) is 83.2 Å². The minimum absolute atomic E-state index is 0.238. The molecule has 2 aliphatic heterocycles. The van der Waals surface area contributed by atoms with E-state index in [0.717, 1.165) is 48.5 Å². The van der Waals surface area contributed by atoms with Crippen LogP contribution >= 0.6 is 0 Å². The smallest absolute Gasteiger partial charge is 0.229 e. The Morgan fingerprint density at radius 1 is 0.844 bits per heavy atom. The van der Waals surface area contributed by atoms with E-state index in [4.69, 9.17) is 14.7 Å². The van der Waals surface area contributed by atoms with Gasteiger partial charge in [0, 0.05) is 49.4 Å². The van der Waals surface area contributed by atoms with Crippen molar-refractivity contribution in [2.75, 3.05) is 69.0 Å². The number of piperazine rings is 1. The van der Waals surface area contributed by atoms with Gasteiger partial charge in [0.15, 0.2) is 9.84 Å². The molecule has 0 saturated carbocycles. The van der Waals surface area contributed by atoms with Gasteiger partial charge in [-0.2, -0.15) is 4.98 Å². The molecule has 0 amide bonds. The average Bonchev–Trinajstić information content (AvgIpc) is 3.05. The molecule has 45 heavy (non-hydrogen) atoms. The molecule has 238 valence electrons. The van der Waals surface area contributed by atoms with Crippen LogP contribution in [0.1, 0.15) is 26.7 Å². The van der Waals surface area contributed by atoms with E-state index in [1.54, 1.807) is 39.2 Å². The molecule has 6 rings (SSSR count). The Morgan fingerprint density at radius 2 is 1.56 bits per heavy atom. The van der Waals surface area contributed by atoms with Gasteiger partial charge < -0.3 is 25.2 Å². The minimum Gasteiger partial charge on any atom is -0.494 e. The lowest BCUT2D eigenvalue weighted by Gasteiger charge is -2.43. The number of benzene rings is 3. The first-order valence-electron chi connectivity index (χ1n) is 15.7. The molecule has 3 aromatic carbocycles. The summed E-state index contributed by atoms with van der Waals surface area (Å²) in [5, 5.41) is 6.87. The van der Waals surface area contributed by atoms with E-state index >= 15 is 0 Å². The van der Waals surface area contributed by atoms with E-state index in [0.29, 0.717) is 29.2 Å². The highest BCUT2D eigenvalue weighted by molar-refractivity contribution is 7.92. The summed E-state index contributed by atoms with van der Waals surface area (Å²) in [6.07, 6.45) is 2.50. The van der Waals surface area contributed by atoms with Crippen molar-refractivity contribution in [1.29, 1.82) is 0 Å². The van der Waals surface area contributed by atoms with Crippen LogP contribution in [0.25, 0.3) is 10.9 Å². The molecule has 11 heteroatoms. The summed E-state index contributed by atoms with van der Waals surface area (Å²) < 4.78 is 32.1. The molecule has 0 unspecified atom stereocenters. The van der Waals surface area contributed by atoms with Gasteiger partial charge in [0.2, 0.25) is 5.95 Å². The molecule has 2 N–H and O–H groups in total. The number of para-hydroxylation sites is 2. The fourth-order valence-corrected chi connectivity index (χ4v) is 7.43. The predicted octanol–water partition coefficient (Wildman–Crippen LogP) is 5.52. The number of nitrogens with one attached hydrogen (secondary N) is 2. The molecule has 2 fully saturated rings. The molecular formula is C34H43N7O3S. The van der Waals surface area contributed by atoms with Gasteiger partial charge in [-0.15, -0.1) is 0 Å². The summed E-state index contributed by atoms with van der Waals surface area (Å²) in [6.45, 7) is 9.84. The van der Waals surface area contributed by atoms with Gasteiger partial charge in [-0.25, -0.2) is 13.4 Å². The van der Waals surface area contributed by atoms with Crippen LogP contribution in [0.3, 0.4) is 0 Å². The summed E-state index contributed by atoms with van der Waals surface area (Å²) in [5.41, 5.74) is 3.07. The Kier molecular flexibility index (Phi) is 9.11. The number of sulfone groups is 1. The van der Waals surface area contributed by atoms with Crippen molar-refractivity contribution in [3.8, 4) is 5.75 Å².